The first-order valence-electron chi connectivity index (χ1n) is 6.03. The summed E-state index contributed by atoms with van der Waals surface area (Å²) in [6, 6.07) is 0.729. The van der Waals surface area contributed by atoms with Crippen LogP contribution in [0, 0.1) is 11.8 Å². The minimum Gasteiger partial charge on any atom is -0.318 e. The molecular formula is C12H26N2. The Morgan fingerprint density at radius 3 is 2.29 bits per heavy atom. The van der Waals surface area contributed by atoms with Crippen molar-refractivity contribution in [2.24, 2.45) is 11.8 Å². The van der Waals surface area contributed by atoms with E-state index in [0.29, 0.717) is 0 Å². The highest BCUT2D eigenvalue weighted by Crippen LogP contribution is 2.20. The lowest BCUT2D eigenvalue weighted by molar-refractivity contribution is 0.108. The summed E-state index contributed by atoms with van der Waals surface area (Å²) in [6.45, 7) is 10.8. The number of nitrogens with one attached hydrogen (secondary N) is 1. The highest BCUT2D eigenvalue weighted by molar-refractivity contribution is 4.80. The summed E-state index contributed by atoms with van der Waals surface area (Å²) in [5.74, 6) is 1.70. The molecule has 0 amide bonds. The third-order valence-electron chi connectivity index (χ3n) is 3.47. The molecule has 0 saturated carbocycles. The minimum absolute atomic E-state index is 0.729. The number of nitrogens with zero attached hydrogens (tertiary/aromatic N) is 1. The molecule has 0 aromatic rings. The second kappa shape index (κ2) is 5.72. The smallest absolute Gasteiger partial charge is 0.0243 e. The molecule has 0 aromatic heterocycles. The molecule has 2 nitrogen and oxygen atoms in total. The van der Waals surface area contributed by atoms with E-state index in [0.717, 1.165) is 24.4 Å². The highest BCUT2D eigenvalue weighted by Gasteiger charge is 2.24. The van der Waals surface area contributed by atoms with Gasteiger partial charge < -0.3 is 5.32 Å². The molecule has 1 aliphatic heterocycles. The molecule has 84 valence electrons. The van der Waals surface area contributed by atoms with Crippen LogP contribution in [0.3, 0.4) is 0 Å². The van der Waals surface area contributed by atoms with Crippen molar-refractivity contribution >= 4 is 0 Å². The van der Waals surface area contributed by atoms with E-state index >= 15 is 0 Å². The Morgan fingerprint density at radius 1 is 1.29 bits per heavy atom. The van der Waals surface area contributed by atoms with Gasteiger partial charge in [0.15, 0.2) is 0 Å². The average Bonchev–Trinajstić information content (AvgIpc) is 2.15. The Morgan fingerprint density at radius 2 is 1.86 bits per heavy atom. The van der Waals surface area contributed by atoms with Crippen molar-refractivity contribution in [3.05, 3.63) is 0 Å². The fourth-order valence-electron chi connectivity index (χ4n) is 2.36. The predicted molar refractivity (Wildman–Crippen MR) is 62.5 cm³/mol. The molecule has 1 rings (SSSR count). The summed E-state index contributed by atoms with van der Waals surface area (Å²) < 4.78 is 0. The van der Waals surface area contributed by atoms with Gasteiger partial charge in [0, 0.05) is 12.6 Å². The van der Waals surface area contributed by atoms with Gasteiger partial charge in [-0.1, -0.05) is 20.8 Å². The fourth-order valence-corrected chi connectivity index (χ4v) is 2.36. The van der Waals surface area contributed by atoms with E-state index < -0.39 is 0 Å². The molecule has 0 aromatic carbocycles. The Bertz CT molecular complexity index is 148. The SMILES string of the molecule is CNCC(C(C)C)N1CCC(C)CC1. The van der Waals surface area contributed by atoms with Crippen LogP contribution in [0.25, 0.3) is 0 Å². The van der Waals surface area contributed by atoms with Crippen LogP contribution in [0.5, 0.6) is 0 Å². The average molecular weight is 198 g/mol. The van der Waals surface area contributed by atoms with Gasteiger partial charge in [-0.2, -0.15) is 0 Å². The van der Waals surface area contributed by atoms with Crippen molar-refractivity contribution in [3.8, 4) is 0 Å². The van der Waals surface area contributed by atoms with Crippen LogP contribution in [0.2, 0.25) is 0 Å². The molecule has 0 radical (unpaired) electrons. The topological polar surface area (TPSA) is 15.3 Å². The van der Waals surface area contributed by atoms with E-state index in [2.05, 4.69) is 38.0 Å². The monoisotopic (exact) mass is 198 g/mol. The number of hydrogen-bond donors (Lipinski definition) is 1. The van der Waals surface area contributed by atoms with Crippen LogP contribution in [-0.2, 0) is 0 Å². The maximum Gasteiger partial charge on any atom is 0.0243 e. The zero-order chi connectivity index (χ0) is 10.6. The van der Waals surface area contributed by atoms with Crippen LogP contribution in [0.15, 0.2) is 0 Å². The molecule has 1 saturated heterocycles. The van der Waals surface area contributed by atoms with Crippen LogP contribution >= 0.6 is 0 Å². The van der Waals surface area contributed by atoms with Crippen molar-refractivity contribution in [1.82, 2.24) is 10.2 Å². The number of rotatable bonds is 4. The van der Waals surface area contributed by atoms with Gasteiger partial charge >= 0.3 is 0 Å². The van der Waals surface area contributed by atoms with Crippen molar-refractivity contribution in [2.75, 3.05) is 26.7 Å². The van der Waals surface area contributed by atoms with Crippen molar-refractivity contribution in [2.45, 2.75) is 39.7 Å². The summed E-state index contributed by atoms with van der Waals surface area (Å²) in [7, 11) is 2.06. The van der Waals surface area contributed by atoms with Crippen molar-refractivity contribution in [1.29, 1.82) is 0 Å². The second-order valence-corrected chi connectivity index (χ2v) is 5.09. The number of likely N-dealkylation sites (tertiary alicyclic amines) is 1. The Balaban J connectivity index is 2.43. The summed E-state index contributed by atoms with van der Waals surface area (Å²) in [5, 5.41) is 3.32. The molecule has 1 heterocycles. The summed E-state index contributed by atoms with van der Waals surface area (Å²) >= 11 is 0. The summed E-state index contributed by atoms with van der Waals surface area (Å²) in [6.07, 6.45) is 2.76. The van der Waals surface area contributed by atoms with Crippen LogP contribution in [-0.4, -0.2) is 37.6 Å². The second-order valence-electron chi connectivity index (χ2n) is 5.09. The lowest BCUT2D eigenvalue weighted by atomic mass is 9.94. The van der Waals surface area contributed by atoms with E-state index in [-0.39, 0.29) is 0 Å². The van der Waals surface area contributed by atoms with Crippen LogP contribution < -0.4 is 5.32 Å². The molecule has 1 fully saturated rings. The van der Waals surface area contributed by atoms with Gasteiger partial charge in [0.25, 0.3) is 0 Å². The molecule has 2 heteroatoms. The van der Waals surface area contributed by atoms with Gasteiger partial charge in [0.1, 0.15) is 0 Å². The zero-order valence-corrected chi connectivity index (χ0v) is 10.2. The molecule has 1 atom stereocenters. The van der Waals surface area contributed by atoms with Gasteiger partial charge in [0.2, 0.25) is 0 Å². The van der Waals surface area contributed by atoms with Gasteiger partial charge in [-0.3, -0.25) is 4.90 Å². The molecule has 1 unspecified atom stereocenters. The fraction of sp³-hybridized carbons (Fsp3) is 1.00. The Hall–Kier alpha value is -0.0800. The summed E-state index contributed by atoms with van der Waals surface area (Å²) in [4.78, 5) is 2.67. The third kappa shape index (κ3) is 3.25. The van der Waals surface area contributed by atoms with Crippen LogP contribution in [0.4, 0.5) is 0 Å². The number of likely N-dealkylation sites (N-methyl/N-ethyl adjacent to an activating group) is 1. The van der Waals surface area contributed by atoms with Gasteiger partial charge in [-0.25, -0.2) is 0 Å². The largest absolute Gasteiger partial charge is 0.318 e. The molecule has 14 heavy (non-hydrogen) atoms. The normalized spacial score (nSPS) is 22.9. The Labute approximate surface area is 89.1 Å². The van der Waals surface area contributed by atoms with E-state index in [1.54, 1.807) is 0 Å². The van der Waals surface area contributed by atoms with E-state index in [1.807, 2.05) is 0 Å². The number of piperidine rings is 1. The first-order valence-corrected chi connectivity index (χ1v) is 6.03. The van der Waals surface area contributed by atoms with E-state index in [9.17, 15) is 0 Å². The summed E-state index contributed by atoms with van der Waals surface area (Å²) in [5.41, 5.74) is 0. The molecule has 1 aliphatic rings. The highest BCUT2D eigenvalue weighted by atomic mass is 15.2. The maximum absolute atomic E-state index is 3.32. The van der Waals surface area contributed by atoms with Crippen molar-refractivity contribution < 1.29 is 0 Å². The molecule has 0 bridgehead atoms. The molecule has 0 spiro atoms. The van der Waals surface area contributed by atoms with E-state index in [1.165, 1.54) is 25.9 Å². The zero-order valence-electron chi connectivity index (χ0n) is 10.2. The van der Waals surface area contributed by atoms with E-state index in [4.69, 9.17) is 0 Å². The predicted octanol–water partition coefficient (Wildman–Crippen LogP) is 1.96. The standard InChI is InChI=1S/C12H26N2/c1-10(2)12(9-13-4)14-7-5-11(3)6-8-14/h10-13H,5-9H2,1-4H3. The van der Waals surface area contributed by atoms with Crippen LogP contribution in [0.1, 0.15) is 33.6 Å². The first kappa shape index (κ1) is 12.0. The lowest BCUT2D eigenvalue weighted by Crippen LogP contribution is -2.48. The molecule has 0 aliphatic carbocycles. The minimum atomic E-state index is 0.729. The Kier molecular flexibility index (Phi) is 4.90. The van der Waals surface area contributed by atoms with Gasteiger partial charge in [-0.15, -0.1) is 0 Å². The quantitative estimate of drug-likeness (QED) is 0.743. The lowest BCUT2D eigenvalue weighted by Gasteiger charge is -2.38. The number of hydrogen-bond acceptors (Lipinski definition) is 2. The van der Waals surface area contributed by atoms with Gasteiger partial charge in [0.05, 0.1) is 0 Å². The van der Waals surface area contributed by atoms with Crippen molar-refractivity contribution in [3.63, 3.8) is 0 Å². The maximum atomic E-state index is 3.32. The molecular weight excluding hydrogens is 172 g/mol. The third-order valence-corrected chi connectivity index (χ3v) is 3.47. The van der Waals surface area contributed by atoms with Gasteiger partial charge in [-0.05, 0) is 44.8 Å². The first-order chi connectivity index (χ1) is 6.65. The molecule has 1 N–H and O–H groups in total.